The predicted molar refractivity (Wildman–Crippen MR) is 118 cm³/mol. The van der Waals surface area contributed by atoms with Crippen molar-refractivity contribution in [1.82, 2.24) is 19.5 Å². The summed E-state index contributed by atoms with van der Waals surface area (Å²) >= 11 is 5.04. The van der Waals surface area contributed by atoms with Crippen molar-refractivity contribution in [3.8, 4) is 11.8 Å². The number of halogens is 1. The lowest BCUT2D eigenvalue weighted by Gasteiger charge is -2.16. The van der Waals surface area contributed by atoms with Crippen LogP contribution < -0.4 is 5.32 Å². The molecule has 3 unspecified atom stereocenters. The zero-order valence-corrected chi connectivity index (χ0v) is 18.1. The maximum atomic E-state index is 10.2. The molecule has 150 valence electrons. The number of imidazole rings is 1. The molecule has 9 heteroatoms. The number of rotatable bonds is 5. The molecule has 0 saturated carbocycles. The lowest BCUT2D eigenvalue weighted by atomic mass is 10.1. The van der Waals surface area contributed by atoms with Gasteiger partial charge in [-0.1, -0.05) is 34.0 Å². The molecule has 1 fully saturated rings. The van der Waals surface area contributed by atoms with Crippen molar-refractivity contribution in [2.45, 2.75) is 37.5 Å². The minimum absolute atomic E-state index is 0.115. The van der Waals surface area contributed by atoms with Crippen molar-refractivity contribution in [1.29, 1.82) is 0 Å². The van der Waals surface area contributed by atoms with E-state index < -0.39 is 12.2 Å². The Balaban J connectivity index is 1.65. The number of aliphatic hydroxyl groups is 2. The molecule has 3 heterocycles. The molecule has 1 aliphatic heterocycles. The second-order valence-corrected chi connectivity index (χ2v) is 8.94. The number of aromatic nitrogens is 4. The molecule has 29 heavy (non-hydrogen) atoms. The Hall–Kier alpha value is -2.12. The van der Waals surface area contributed by atoms with Gasteiger partial charge in [-0.3, -0.25) is 0 Å². The number of hydrogen-bond donors (Lipinski definition) is 3. The quantitative estimate of drug-likeness (QED) is 0.489. The number of aliphatic hydroxyl groups excluding tert-OH is 2. The van der Waals surface area contributed by atoms with Crippen molar-refractivity contribution in [3.63, 3.8) is 0 Å². The van der Waals surface area contributed by atoms with Gasteiger partial charge in [0, 0.05) is 23.3 Å². The Kier molecular flexibility index (Phi) is 6.06. The van der Waals surface area contributed by atoms with Crippen molar-refractivity contribution < 1.29 is 10.2 Å². The largest absolute Gasteiger partial charge is 0.390 e. The van der Waals surface area contributed by atoms with E-state index in [2.05, 4.69) is 48.0 Å². The molecule has 1 saturated heterocycles. The molecule has 3 atom stereocenters. The van der Waals surface area contributed by atoms with Crippen LogP contribution in [0.25, 0.3) is 11.2 Å². The van der Waals surface area contributed by atoms with E-state index in [1.807, 2.05) is 28.8 Å². The van der Waals surface area contributed by atoms with Crippen molar-refractivity contribution in [2.75, 3.05) is 11.1 Å². The van der Waals surface area contributed by atoms with Crippen LogP contribution in [0.5, 0.6) is 0 Å². The molecule has 0 aliphatic carbocycles. The number of benzene rings is 1. The zero-order valence-electron chi connectivity index (χ0n) is 15.7. The third-order valence-corrected chi connectivity index (χ3v) is 6.57. The van der Waals surface area contributed by atoms with Gasteiger partial charge in [0.1, 0.15) is 0 Å². The Morgan fingerprint density at radius 2 is 2.21 bits per heavy atom. The highest BCUT2D eigenvalue weighted by Crippen LogP contribution is 2.30. The van der Waals surface area contributed by atoms with Gasteiger partial charge in [0.2, 0.25) is 5.82 Å². The third-order valence-electron chi connectivity index (χ3n) is 4.68. The van der Waals surface area contributed by atoms with Crippen LogP contribution >= 0.6 is 27.7 Å². The van der Waals surface area contributed by atoms with Gasteiger partial charge in [-0.2, -0.15) is 11.8 Å². The predicted octanol–water partition coefficient (Wildman–Crippen LogP) is 2.41. The van der Waals surface area contributed by atoms with E-state index in [0.29, 0.717) is 41.6 Å². The molecule has 1 aliphatic rings. The first-order valence-corrected chi connectivity index (χ1v) is 11.0. The van der Waals surface area contributed by atoms with E-state index >= 15 is 0 Å². The average molecular weight is 474 g/mol. The summed E-state index contributed by atoms with van der Waals surface area (Å²) < 4.78 is 2.91. The molecule has 0 amide bonds. The van der Waals surface area contributed by atoms with Crippen LogP contribution in [0, 0.1) is 11.8 Å². The van der Waals surface area contributed by atoms with Crippen molar-refractivity contribution >= 4 is 44.7 Å². The van der Waals surface area contributed by atoms with Gasteiger partial charge in [0.15, 0.2) is 17.0 Å². The number of anilines is 1. The van der Waals surface area contributed by atoms with Crippen LogP contribution in [0.15, 0.2) is 35.1 Å². The lowest BCUT2D eigenvalue weighted by molar-refractivity contribution is 0.0396. The van der Waals surface area contributed by atoms with E-state index in [1.165, 1.54) is 0 Å². The lowest BCUT2D eigenvalue weighted by Crippen LogP contribution is -2.31. The van der Waals surface area contributed by atoms with E-state index in [1.54, 1.807) is 25.0 Å². The molecule has 7 nitrogen and oxygen atoms in total. The summed E-state index contributed by atoms with van der Waals surface area (Å²) in [5, 5.41) is 23.2. The van der Waals surface area contributed by atoms with Crippen LogP contribution in [-0.2, 0) is 13.1 Å². The second-order valence-electron chi connectivity index (χ2n) is 6.75. The summed E-state index contributed by atoms with van der Waals surface area (Å²) in [6, 6.07) is 8.04. The third kappa shape index (κ3) is 4.41. The Morgan fingerprint density at radius 3 is 2.93 bits per heavy atom. The van der Waals surface area contributed by atoms with Crippen LogP contribution in [0.1, 0.15) is 18.3 Å². The van der Waals surface area contributed by atoms with E-state index in [0.717, 1.165) is 10.0 Å². The first kappa shape index (κ1) is 20.2. The molecule has 3 aromatic rings. The van der Waals surface area contributed by atoms with Crippen molar-refractivity contribution in [3.05, 3.63) is 46.5 Å². The fourth-order valence-corrected chi connectivity index (χ4v) is 4.96. The van der Waals surface area contributed by atoms with Crippen LogP contribution in [0.4, 0.5) is 5.82 Å². The van der Waals surface area contributed by atoms with Gasteiger partial charge >= 0.3 is 0 Å². The number of nitrogens with zero attached hydrogens (tertiary/aromatic N) is 4. The smallest absolute Gasteiger partial charge is 0.208 e. The number of nitrogens with one attached hydrogen (secondary N) is 1. The highest BCUT2D eigenvalue weighted by atomic mass is 79.9. The van der Waals surface area contributed by atoms with Crippen LogP contribution in [-0.4, -0.2) is 52.9 Å². The highest BCUT2D eigenvalue weighted by Gasteiger charge is 2.34. The normalized spacial score (nSPS) is 21.2. The fraction of sp³-hybridized carbons (Fsp3) is 0.350. The molecule has 0 radical (unpaired) electrons. The highest BCUT2D eigenvalue weighted by molar-refractivity contribution is 9.10. The Bertz CT molecular complexity index is 1090. The summed E-state index contributed by atoms with van der Waals surface area (Å²) in [5.41, 5.74) is 2.41. The van der Waals surface area contributed by atoms with Gasteiger partial charge in [0.25, 0.3) is 0 Å². The van der Waals surface area contributed by atoms with E-state index in [4.69, 9.17) is 0 Å². The molecular weight excluding hydrogens is 454 g/mol. The van der Waals surface area contributed by atoms with Crippen LogP contribution in [0.3, 0.4) is 0 Å². The van der Waals surface area contributed by atoms with Crippen LogP contribution in [0.2, 0.25) is 0 Å². The molecular formula is C20H20BrN5O2S. The summed E-state index contributed by atoms with van der Waals surface area (Å²) in [6.45, 7) is 2.83. The van der Waals surface area contributed by atoms with E-state index in [9.17, 15) is 10.2 Å². The second kappa shape index (κ2) is 8.71. The molecule has 3 N–H and O–H groups in total. The maximum absolute atomic E-state index is 10.2. The molecule has 4 rings (SSSR count). The molecule has 2 aromatic heterocycles. The molecule has 0 spiro atoms. The standard InChI is InChI=1S/C20H20BrN5O2S/c1-2-4-16-24-19(22-8-12-5-3-6-13(21)7-12)17-20(25-16)26(11-23-17)9-15-18(28)14(27)10-29-15/h3,5-7,11,14-15,18,27-28H,8-10H2,1H3,(H,22,24,25). The topological polar surface area (TPSA) is 96.1 Å². The fourth-order valence-electron chi connectivity index (χ4n) is 3.22. The average Bonchev–Trinajstić information content (AvgIpc) is 3.25. The van der Waals surface area contributed by atoms with Gasteiger partial charge < -0.3 is 20.1 Å². The van der Waals surface area contributed by atoms with Gasteiger partial charge in [-0.15, -0.1) is 0 Å². The number of fused-ring (bicyclic) bond motifs is 1. The van der Waals surface area contributed by atoms with Crippen molar-refractivity contribution in [2.24, 2.45) is 0 Å². The molecule has 0 bridgehead atoms. The minimum atomic E-state index is -0.761. The number of thioether (sulfide) groups is 1. The van der Waals surface area contributed by atoms with Gasteiger partial charge in [-0.25, -0.2) is 15.0 Å². The Morgan fingerprint density at radius 1 is 1.34 bits per heavy atom. The monoisotopic (exact) mass is 473 g/mol. The minimum Gasteiger partial charge on any atom is -0.390 e. The summed E-state index contributed by atoms with van der Waals surface area (Å²) in [6.07, 6.45) is 0.242. The summed E-state index contributed by atoms with van der Waals surface area (Å²) in [7, 11) is 0. The number of hydrogen-bond acceptors (Lipinski definition) is 7. The maximum Gasteiger partial charge on any atom is 0.208 e. The first-order chi connectivity index (χ1) is 14.0. The van der Waals surface area contributed by atoms with Gasteiger partial charge in [-0.05, 0) is 30.5 Å². The molecule has 1 aromatic carbocycles. The first-order valence-electron chi connectivity index (χ1n) is 9.17. The SMILES string of the molecule is CC#Cc1nc(NCc2cccc(Br)c2)c2ncn(CC3SCC(O)C3O)c2n1. The zero-order chi connectivity index (χ0) is 20.4. The summed E-state index contributed by atoms with van der Waals surface area (Å²) in [5.74, 6) is 7.32. The Labute approximate surface area is 181 Å². The summed E-state index contributed by atoms with van der Waals surface area (Å²) in [4.78, 5) is 13.6. The van der Waals surface area contributed by atoms with Gasteiger partial charge in [0.05, 0.1) is 23.8 Å². The van der Waals surface area contributed by atoms with E-state index in [-0.39, 0.29) is 5.25 Å².